The lowest BCUT2D eigenvalue weighted by Crippen LogP contribution is -2.11. The Hall–Kier alpha value is -3.21. The minimum Gasteiger partial charge on any atom is -0.466 e. The summed E-state index contributed by atoms with van der Waals surface area (Å²) in [7, 11) is 1.47. The Balaban J connectivity index is 1.94. The van der Waals surface area contributed by atoms with E-state index in [9.17, 15) is 4.79 Å². The number of carbonyl (C=O) groups is 1. The summed E-state index contributed by atoms with van der Waals surface area (Å²) in [6.07, 6.45) is 3.21. The molecule has 1 heterocycles. The number of carbonyl (C=O) groups excluding carboxylic acids is 1. The van der Waals surface area contributed by atoms with E-state index in [1.54, 1.807) is 6.08 Å². The zero-order valence-electron chi connectivity index (χ0n) is 12.6. The molecule has 1 aromatic heterocycles. The first kappa shape index (κ1) is 14.7. The van der Waals surface area contributed by atoms with Gasteiger partial charge in [-0.3, -0.25) is 4.79 Å². The highest BCUT2D eigenvalue weighted by Gasteiger charge is 2.16. The predicted octanol–water partition coefficient (Wildman–Crippen LogP) is 3.31. The number of methoxy groups -OCH3 is 1. The van der Waals surface area contributed by atoms with Gasteiger partial charge in [-0.2, -0.15) is 9.67 Å². The van der Waals surface area contributed by atoms with Crippen LogP contribution < -0.4 is 4.74 Å². The average Bonchev–Trinajstić information content (AvgIpc) is 3.06. The lowest BCUT2D eigenvalue weighted by atomic mass is 10.2. The Bertz CT molecular complexity index is 824. The summed E-state index contributed by atoms with van der Waals surface area (Å²) in [6, 6.07) is 19.2. The molecule has 0 aliphatic carbocycles. The van der Waals surface area contributed by atoms with Crippen molar-refractivity contribution >= 4 is 12.0 Å². The van der Waals surface area contributed by atoms with E-state index in [1.807, 2.05) is 60.7 Å². The van der Waals surface area contributed by atoms with E-state index in [-0.39, 0.29) is 11.9 Å². The van der Waals surface area contributed by atoms with Crippen molar-refractivity contribution in [2.24, 2.45) is 0 Å². The molecule has 3 aromatic rings. The number of allylic oxidation sites excluding steroid dienone is 1. The van der Waals surface area contributed by atoms with Crippen molar-refractivity contribution in [2.75, 3.05) is 7.11 Å². The standard InChI is InChI=1S/C18H15N3O2/c1-23-18-19-17(15-10-6-3-7-11-15)21(20-18)16(22)13-12-14-8-4-2-5-9-14/h2-13H,1H3/b13-12+. The first-order valence-electron chi connectivity index (χ1n) is 7.12. The largest absolute Gasteiger partial charge is 0.466 e. The summed E-state index contributed by atoms with van der Waals surface area (Å²) in [5, 5.41) is 4.10. The third kappa shape index (κ3) is 3.35. The van der Waals surface area contributed by atoms with Crippen molar-refractivity contribution in [2.45, 2.75) is 0 Å². The summed E-state index contributed by atoms with van der Waals surface area (Å²) in [6.45, 7) is 0. The molecule has 0 aliphatic heterocycles. The van der Waals surface area contributed by atoms with Gasteiger partial charge in [-0.05, 0) is 11.6 Å². The number of rotatable bonds is 4. The van der Waals surface area contributed by atoms with Gasteiger partial charge in [-0.25, -0.2) is 0 Å². The maximum Gasteiger partial charge on any atom is 0.336 e. The summed E-state index contributed by atoms with van der Waals surface area (Å²) in [5.41, 5.74) is 1.74. The molecule has 0 spiro atoms. The van der Waals surface area contributed by atoms with Crippen molar-refractivity contribution in [3.8, 4) is 17.4 Å². The first-order chi connectivity index (χ1) is 11.3. The van der Waals surface area contributed by atoms with Crippen molar-refractivity contribution < 1.29 is 9.53 Å². The van der Waals surface area contributed by atoms with Crippen LogP contribution in [0.4, 0.5) is 0 Å². The van der Waals surface area contributed by atoms with Crippen LogP contribution in [0.1, 0.15) is 10.4 Å². The Morgan fingerprint density at radius 3 is 2.35 bits per heavy atom. The van der Waals surface area contributed by atoms with E-state index in [4.69, 9.17) is 4.74 Å². The van der Waals surface area contributed by atoms with Crippen molar-refractivity contribution in [3.05, 3.63) is 72.3 Å². The SMILES string of the molecule is COc1nc(-c2ccccc2)n(C(=O)/C=C/c2ccccc2)n1. The smallest absolute Gasteiger partial charge is 0.336 e. The topological polar surface area (TPSA) is 57.0 Å². The summed E-state index contributed by atoms with van der Waals surface area (Å²) in [5.74, 6) is 0.161. The molecular weight excluding hydrogens is 290 g/mol. The van der Waals surface area contributed by atoms with E-state index in [1.165, 1.54) is 17.9 Å². The van der Waals surface area contributed by atoms with Crippen LogP contribution in [-0.4, -0.2) is 27.8 Å². The first-order valence-corrected chi connectivity index (χ1v) is 7.12. The fourth-order valence-corrected chi connectivity index (χ4v) is 2.11. The molecule has 0 fully saturated rings. The van der Waals surface area contributed by atoms with Gasteiger partial charge in [-0.1, -0.05) is 60.7 Å². The van der Waals surface area contributed by atoms with Crippen LogP contribution in [0.25, 0.3) is 17.5 Å². The third-order valence-corrected chi connectivity index (χ3v) is 3.23. The molecule has 3 rings (SSSR count). The van der Waals surface area contributed by atoms with Gasteiger partial charge in [0.2, 0.25) is 0 Å². The molecule has 0 unspecified atom stereocenters. The summed E-state index contributed by atoms with van der Waals surface area (Å²) >= 11 is 0. The monoisotopic (exact) mass is 305 g/mol. The van der Waals surface area contributed by atoms with Gasteiger partial charge in [0.1, 0.15) is 0 Å². The molecule has 0 amide bonds. The van der Waals surface area contributed by atoms with Crippen LogP contribution in [0, 0.1) is 0 Å². The number of nitrogens with zero attached hydrogens (tertiary/aromatic N) is 3. The fraction of sp³-hybridized carbons (Fsp3) is 0.0556. The average molecular weight is 305 g/mol. The van der Waals surface area contributed by atoms with Crippen molar-refractivity contribution in [3.63, 3.8) is 0 Å². The van der Waals surface area contributed by atoms with E-state index >= 15 is 0 Å². The molecule has 0 N–H and O–H groups in total. The van der Waals surface area contributed by atoms with Gasteiger partial charge in [0, 0.05) is 11.6 Å². The zero-order valence-corrected chi connectivity index (χ0v) is 12.6. The van der Waals surface area contributed by atoms with Crippen LogP contribution in [-0.2, 0) is 0 Å². The molecule has 5 nitrogen and oxygen atoms in total. The lowest BCUT2D eigenvalue weighted by molar-refractivity contribution is 0.0955. The Morgan fingerprint density at radius 2 is 1.70 bits per heavy atom. The Kier molecular flexibility index (Phi) is 4.29. The van der Waals surface area contributed by atoms with Gasteiger partial charge in [0.15, 0.2) is 5.82 Å². The van der Waals surface area contributed by atoms with Gasteiger partial charge in [0.05, 0.1) is 7.11 Å². The Labute approximate surface area is 133 Å². The van der Waals surface area contributed by atoms with Crippen LogP contribution >= 0.6 is 0 Å². The highest BCUT2D eigenvalue weighted by atomic mass is 16.5. The maximum atomic E-state index is 12.5. The van der Waals surface area contributed by atoms with Crippen LogP contribution in [0.15, 0.2) is 66.7 Å². The molecular formula is C18H15N3O2. The lowest BCUT2D eigenvalue weighted by Gasteiger charge is -2.01. The van der Waals surface area contributed by atoms with Crippen LogP contribution in [0.5, 0.6) is 6.01 Å². The Morgan fingerprint density at radius 1 is 1.04 bits per heavy atom. The van der Waals surface area contributed by atoms with E-state index < -0.39 is 0 Å². The third-order valence-electron chi connectivity index (χ3n) is 3.23. The van der Waals surface area contributed by atoms with Gasteiger partial charge < -0.3 is 4.74 Å². The highest BCUT2D eigenvalue weighted by Crippen LogP contribution is 2.19. The molecule has 0 atom stereocenters. The molecule has 0 saturated carbocycles. The van der Waals surface area contributed by atoms with Crippen LogP contribution in [0.3, 0.4) is 0 Å². The molecule has 0 radical (unpaired) electrons. The highest BCUT2D eigenvalue weighted by molar-refractivity contribution is 5.95. The minimum atomic E-state index is -0.288. The second kappa shape index (κ2) is 6.70. The van der Waals surface area contributed by atoms with Crippen LogP contribution in [0.2, 0.25) is 0 Å². The molecule has 23 heavy (non-hydrogen) atoms. The number of hydrogen-bond donors (Lipinski definition) is 0. The quantitative estimate of drug-likeness (QED) is 0.694. The number of benzene rings is 2. The van der Waals surface area contributed by atoms with E-state index in [0.29, 0.717) is 5.82 Å². The number of ether oxygens (including phenoxy) is 1. The summed E-state index contributed by atoms with van der Waals surface area (Å²) in [4.78, 5) is 16.7. The molecule has 0 saturated heterocycles. The molecule has 5 heteroatoms. The minimum absolute atomic E-state index is 0.158. The second-order valence-electron chi connectivity index (χ2n) is 4.78. The van der Waals surface area contributed by atoms with Gasteiger partial charge in [0.25, 0.3) is 5.91 Å². The van der Waals surface area contributed by atoms with E-state index in [0.717, 1.165) is 11.1 Å². The van der Waals surface area contributed by atoms with E-state index in [2.05, 4.69) is 10.1 Å². The molecule has 2 aromatic carbocycles. The predicted molar refractivity (Wildman–Crippen MR) is 88.1 cm³/mol. The van der Waals surface area contributed by atoms with Crippen molar-refractivity contribution in [1.29, 1.82) is 0 Å². The second-order valence-corrected chi connectivity index (χ2v) is 4.78. The van der Waals surface area contributed by atoms with Crippen molar-refractivity contribution in [1.82, 2.24) is 14.8 Å². The molecule has 0 bridgehead atoms. The fourth-order valence-electron chi connectivity index (χ4n) is 2.11. The van der Waals surface area contributed by atoms with Gasteiger partial charge >= 0.3 is 6.01 Å². The number of hydrogen-bond acceptors (Lipinski definition) is 4. The normalized spacial score (nSPS) is 10.8. The summed E-state index contributed by atoms with van der Waals surface area (Å²) < 4.78 is 6.29. The number of aromatic nitrogens is 3. The molecule has 0 aliphatic rings. The van der Waals surface area contributed by atoms with Gasteiger partial charge in [-0.15, -0.1) is 5.10 Å². The zero-order chi connectivity index (χ0) is 16.1. The molecule has 114 valence electrons. The maximum absolute atomic E-state index is 12.5.